The van der Waals surface area contributed by atoms with E-state index in [-0.39, 0.29) is 17.9 Å². The third kappa shape index (κ3) is 5.04. The summed E-state index contributed by atoms with van der Waals surface area (Å²) in [5.74, 6) is 0.926. The Kier molecular flexibility index (Phi) is 5.92. The lowest BCUT2D eigenvalue weighted by Gasteiger charge is -2.29. The van der Waals surface area contributed by atoms with Crippen molar-refractivity contribution in [1.29, 1.82) is 0 Å². The predicted molar refractivity (Wildman–Crippen MR) is 70.9 cm³/mol. The molecule has 4 nitrogen and oxygen atoms in total. The number of amides is 1. The molecule has 1 atom stereocenters. The second kappa shape index (κ2) is 6.97. The summed E-state index contributed by atoms with van der Waals surface area (Å²) in [6, 6.07) is 0.257. The number of hydrogen-bond acceptors (Lipinski definition) is 3. The molecular weight excluding hydrogens is 214 g/mol. The SMILES string of the molecule is CC(C)C(CN(C)C)NC(=O)C1CCNCC1. The van der Waals surface area contributed by atoms with Gasteiger partial charge in [-0.2, -0.15) is 0 Å². The van der Waals surface area contributed by atoms with Crippen LogP contribution in [0.5, 0.6) is 0 Å². The molecule has 1 aliphatic heterocycles. The monoisotopic (exact) mass is 241 g/mol. The lowest BCUT2D eigenvalue weighted by molar-refractivity contribution is -0.126. The minimum atomic E-state index is 0.208. The number of nitrogens with zero attached hydrogens (tertiary/aromatic N) is 1. The number of carbonyl (C=O) groups excluding carboxylic acids is 1. The van der Waals surface area contributed by atoms with E-state index in [2.05, 4.69) is 29.4 Å². The number of rotatable bonds is 5. The van der Waals surface area contributed by atoms with Crippen molar-refractivity contribution in [2.75, 3.05) is 33.7 Å². The molecule has 0 saturated carbocycles. The van der Waals surface area contributed by atoms with Gasteiger partial charge in [-0.25, -0.2) is 0 Å². The predicted octanol–water partition coefficient (Wildman–Crippen LogP) is 0.688. The molecule has 0 bridgehead atoms. The van der Waals surface area contributed by atoms with Crippen LogP contribution in [0.1, 0.15) is 26.7 Å². The summed E-state index contributed by atoms with van der Waals surface area (Å²) in [4.78, 5) is 14.3. The molecule has 1 aliphatic rings. The van der Waals surface area contributed by atoms with Crippen LogP contribution >= 0.6 is 0 Å². The molecule has 1 unspecified atom stereocenters. The zero-order valence-electron chi connectivity index (χ0n) is 11.6. The average Bonchev–Trinajstić information content (AvgIpc) is 2.28. The third-order valence-corrected chi connectivity index (χ3v) is 3.40. The minimum Gasteiger partial charge on any atom is -0.352 e. The molecule has 2 N–H and O–H groups in total. The number of nitrogens with one attached hydrogen (secondary N) is 2. The van der Waals surface area contributed by atoms with Crippen LogP contribution in [0.3, 0.4) is 0 Å². The maximum Gasteiger partial charge on any atom is 0.223 e. The van der Waals surface area contributed by atoms with E-state index in [0.29, 0.717) is 5.92 Å². The van der Waals surface area contributed by atoms with Crippen molar-refractivity contribution < 1.29 is 4.79 Å². The fourth-order valence-electron chi connectivity index (χ4n) is 2.20. The first kappa shape index (κ1) is 14.5. The normalized spacial score (nSPS) is 19.6. The standard InChI is InChI=1S/C13H27N3O/c1-10(2)12(9-16(3)4)15-13(17)11-5-7-14-8-6-11/h10-12,14H,5-9H2,1-4H3,(H,15,17). The summed E-state index contributed by atoms with van der Waals surface area (Å²) in [7, 11) is 4.10. The van der Waals surface area contributed by atoms with Gasteiger partial charge in [0.15, 0.2) is 0 Å². The molecule has 1 saturated heterocycles. The van der Waals surface area contributed by atoms with Gasteiger partial charge in [-0.1, -0.05) is 13.8 Å². The van der Waals surface area contributed by atoms with Gasteiger partial charge in [-0.05, 0) is 45.9 Å². The average molecular weight is 241 g/mol. The van der Waals surface area contributed by atoms with Gasteiger partial charge in [0.2, 0.25) is 5.91 Å². The number of piperidine rings is 1. The molecule has 1 rings (SSSR count). The van der Waals surface area contributed by atoms with E-state index >= 15 is 0 Å². The quantitative estimate of drug-likeness (QED) is 0.744. The zero-order chi connectivity index (χ0) is 12.8. The molecule has 1 heterocycles. The summed E-state index contributed by atoms with van der Waals surface area (Å²) < 4.78 is 0. The number of likely N-dealkylation sites (N-methyl/N-ethyl adjacent to an activating group) is 1. The summed E-state index contributed by atoms with van der Waals surface area (Å²) in [6.07, 6.45) is 1.94. The highest BCUT2D eigenvalue weighted by Crippen LogP contribution is 2.13. The molecule has 100 valence electrons. The number of hydrogen-bond donors (Lipinski definition) is 2. The second-order valence-corrected chi connectivity index (χ2v) is 5.65. The number of carbonyl (C=O) groups is 1. The van der Waals surface area contributed by atoms with Crippen LogP contribution in [0.4, 0.5) is 0 Å². The van der Waals surface area contributed by atoms with Gasteiger partial charge in [0.05, 0.1) is 0 Å². The van der Waals surface area contributed by atoms with Crippen LogP contribution in [0, 0.1) is 11.8 Å². The molecule has 0 aromatic rings. The minimum absolute atomic E-state index is 0.208. The highest BCUT2D eigenvalue weighted by Gasteiger charge is 2.24. The molecule has 0 aliphatic carbocycles. The van der Waals surface area contributed by atoms with Gasteiger partial charge in [0.1, 0.15) is 0 Å². The topological polar surface area (TPSA) is 44.4 Å². The van der Waals surface area contributed by atoms with Crippen molar-refractivity contribution in [3.63, 3.8) is 0 Å². The smallest absolute Gasteiger partial charge is 0.223 e. The Labute approximate surface area is 105 Å². The first-order valence-electron chi connectivity index (χ1n) is 6.66. The Morgan fingerprint density at radius 1 is 1.35 bits per heavy atom. The van der Waals surface area contributed by atoms with Crippen LogP contribution in [-0.4, -0.2) is 50.6 Å². The van der Waals surface area contributed by atoms with E-state index in [4.69, 9.17) is 0 Å². The van der Waals surface area contributed by atoms with Crippen LogP contribution < -0.4 is 10.6 Å². The Balaban J connectivity index is 2.44. The Hall–Kier alpha value is -0.610. The Bertz CT molecular complexity index is 235. The summed E-state index contributed by atoms with van der Waals surface area (Å²) in [5.41, 5.74) is 0. The third-order valence-electron chi connectivity index (χ3n) is 3.40. The van der Waals surface area contributed by atoms with E-state index in [9.17, 15) is 4.79 Å². The molecule has 4 heteroatoms. The second-order valence-electron chi connectivity index (χ2n) is 5.65. The van der Waals surface area contributed by atoms with E-state index < -0.39 is 0 Å². The van der Waals surface area contributed by atoms with Gasteiger partial charge in [0, 0.05) is 18.5 Å². The van der Waals surface area contributed by atoms with Gasteiger partial charge in [0.25, 0.3) is 0 Å². The first-order valence-corrected chi connectivity index (χ1v) is 6.66. The molecule has 17 heavy (non-hydrogen) atoms. The van der Waals surface area contributed by atoms with Crippen molar-refractivity contribution in [2.24, 2.45) is 11.8 Å². The fraction of sp³-hybridized carbons (Fsp3) is 0.923. The molecule has 0 spiro atoms. The summed E-state index contributed by atoms with van der Waals surface area (Å²) in [6.45, 7) is 7.18. The van der Waals surface area contributed by atoms with Gasteiger partial charge in [-0.15, -0.1) is 0 Å². The van der Waals surface area contributed by atoms with Crippen LogP contribution in [0.2, 0.25) is 0 Å². The molecule has 0 radical (unpaired) electrons. The summed E-state index contributed by atoms with van der Waals surface area (Å²) >= 11 is 0. The van der Waals surface area contributed by atoms with E-state index in [1.165, 1.54) is 0 Å². The Morgan fingerprint density at radius 3 is 2.41 bits per heavy atom. The van der Waals surface area contributed by atoms with E-state index in [1.807, 2.05) is 14.1 Å². The van der Waals surface area contributed by atoms with Crippen molar-refractivity contribution >= 4 is 5.91 Å². The first-order chi connectivity index (χ1) is 8.00. The summed E-state index contributed by atoms with van der Waals surface area (Å²) in [5, 5.41) is 6.50. The molecule has 1 fully saturated rings. The van der Waals surface area contributed by atoms with Crippen LogP contribution in [0.25, 0.3) is 0 Å². The van der Waals surface area contributed by atoms with Crippen molar-refractivity contribution in [1.82, 2.24) is 15.5 Å². The fourth-order valence-corrected chi connectivity index (χ4v) is 2.20. The van der Waals surface area contributed by atoms with Crippen molar-refractivity contribution in [2.45, 2.75) is 32.7 Å². The van der Waals surface area contributed by atoms with E-state index in [0.717, 1.165) is 32.5 Å². The highest BCUT2D eigenvalue weighted by molar-refractivity contribution is 5.79. The van der Waals surface area contributed by atoms with E-state index in [1.54, 1.807) is 0 Å². The molecular formula is C13H27N3O. The van der Waals surface area contributed by atoms with Gasteiger partial charge < -0.3 is 15.5 Å². The highest BCUT2D eigenvalue weighted by atomic mass is 16.2. The van der Waals surface area contributed by atoms with Crippen molar-refractivity contribution in [3.8, 4) is 0 Å². The molecule has 0 aromatic carbocycles. The molecule has 0 aromatic heterocycles. The maximum absolute atomic E-state index is 12.1. The van der Waals surface area contributed by atoms with Gasteiger partial charge >= 0.3 is 0 Å². The van der Waals surface area contributed by atoms with Crippen LogP contribution in [0.15, 0.2) is 0 Å². The van der Waals surface area contributed by atoms with Gasteiger partial charge in [-0.3, -0.25) is 4.79 Å². The maximum atomic E-state index is 12.1. The Morgan fingerprint density at radius 2 is 1.94 bits per heavy atom. The zero-order valence-corrected chi connectivity index (χ0v) is 11.6. The van der Waals surface area contributed by atoms with Crippen molar-refractivity contribution in [3.05, 3.63) is 0 Å². The lowest BCUT2D eigenvalue weighted by Crippen LogP contribution is -2.48. The largest absolute Gasteiger partial charge is 0.352 e. The van der Waals surface area contributed by atoms with Crippen LogP contribution in [-0.2, 0) is 4.79 Å². The molecule has 1 amide bonds. The lowest BCUT2D eigenvalue weighted by atomic mass is 9.95.